The van der Waals surface area contributed by atoms with Gasteiger partial charge in [0.2, 0.25) is 0 Å². The van der Waals surface area contributed by atoms with E-state index in [0.29, 0.717) is 0 Å². The number of hydrogen-bond acceptors (Lipinski definition) is 6. The summed E-state index contributed by atoms with van der Waals surface area (Å²) in [5, 5.41) is -6.82. The first-order valence-corrected chi connectivity index (χ1v) is 30.3. The molecule has 0 aliphatic rings. The van der Waals surface area contributed by atoms with Gasteiger partial charge in [-0.2, -0.15) is 0 Å². The van der Waals surface area contributed by atoms with Crippen molar-refractivity contribution in [1.82, 2.24) is 0 Å². The number of benzene rings is 1. The monoisotopic (exact) mass is 768 g/mol. The zero-order chi connectivity index (χ0) is 34.8. The van der Waals surface area contributed by atoms with Crippen molar-refractivity contribution < 1.29 is 9.79 Å². The number of rotatable bonds is 33. The number of hydrogen-bond donors (Lipinski definition) is 4. The predicted octanol–water partition coefficient (Wildman–Crippen LogP) is 16.0. The summed E-state index contributed by atoms with van der Waals surface area (Å²) in [5.74, 6) is 0. The van der Waals surface area contributed by atoms with Crippen molar-refractivity contribution in [3.05, 3.63) is 35.9 Å². The summed E-state index contributed by atoms with van der Waals surface area (Å²) in [7, 11) is 0. The second kappa shape index (κ2) is 26.2. The summed E-state index contributed by atoms with van der Waals surface area (Å²) in [6.45, 7) is 9.07. The average molecular weight is 769 g/mol. The topological polar surface area (TPSA) is 40.5 Å². The predicted molar refractivity (Wildman–Crippen MR) is 234 cm³/mol. The van der Waals surface area contributed by atoms with Gasteiger partial charge in [0, 0.05) is 0 Å². The zero-order valence-corrected chi connectivity index (χ0v) is 36.5. The number of unbranched alkanes of at least 4 members (excludes halogenated alkanes) is 20. The molecule has 0 saturated carbocycles. The first-order chi connectivity index (χ1) is 22.5. The van der Waals surface area contributed by atoms with Crippen molar-refractivity contribution >= 4 is 57.7 Å². The molecule has 0 saturated heterocycles. The Morgan fingerprint density at radius 2 is 0.702 bits per heavy atom. The van der Waals surface area contributed by atoms with Crippen molar-refractivity contribution in [3.63, 3.8) is 0 Å². The molecule has 0 spiro atoms. The van der Waals surface area contributed by atoms with Crippen LogP contribution >= 0.6 is 57.7 Å². The van der Waals surface area contributed by atoms with Crippen LogP contribution in [0.25, 0.3) is 0 Å². The van der Waals surface area contributed by atoms with Crippen LogP contribution in [0.5, 0.6) is 0 Å². The summed E-state index contributed by atoms with van der Waals surface area (Å²) < 4.78 is -0.0723. The van der Waals surface area contributed by atoms with E-state index in [1.54, 1.807) is 22.8 Å². The summed E-state index contributed by atoms with van der Waals surface area (Å²) in [5.41, 5.74) is 1.19. The van der Waals surface area contributed by atoms with Gasteiger partial charge in [-0.25, -0.2) is 0 Å². The Bertz CT molecular complexity index is 795. The third kappa shape index (κ3) is 22.8. The van der Waals surface area contributed by atoms with Gasteiger partial charge in [-0.3, -0.25) is 0 Å². The van der Waals surface area contributed by atoms with Crippen LogP contribution in [0.3, 0.4) is 0 Å². The number of thiol groups is 2. The molecule has 0 aliphatic carbocycles. The minimum atomic E-state index is -3.41. The molecule has 0 aliphatic heterocycles. The minimum absolute atomic E-state index is 0.0723. The standard InChI is InChI=1S/C39H78O2P2S4/c1-5-9-13-17-21-28-34-42(40,44,35-29-22-18-14-10-6-2)46-39(38-32-26-25-27-33-38)47-43(41,45,36-30-23-19-15-11-7-3)37-31-24-20-16-12-8-4/h25-27,32-33,39-41,44-45H,5-24,28-31,34-37H2,1-4H3. The van der Waals surface area contributed by atoms with E-state index in [2.05, 4.69) is 58.0 Å². The van der Waals surface area contributed by atoms with Crippen molar-refractivity contribution in [1.29, 1.82) is 0 Å². The second-order valence-corrected chi connectivity index (χ2v) is 36.9. The first-order valence-electron chi connectivity index (χ1n) is 19.9. The van der Waals surface area contributed by atoms with Crippen LogP contribution in [0.4, 0.5) is 0 Å². The summed E-state index contributed by atoms with van der Waals surface area (Å²) >= 11 is 14.3. The molecule has 47 heavy (non-hydrogen) atoms. The van der Waals surface area contributed by atoms with E-state index in [1.165, 1.54) is 134 Å². The molecule has 280 valence electrons. The Kier molecular flexibility index (Phi) is 25.9. The summed E-state index contributed by atoms with van der Waals surface area (Å²) in [4.78, 5) is 25.7. The molecule has 0 unspecified atom stereocenters. The van der Waals surface area contributed by atoms with E-state index in [4.69, 9.17) is 24.5 Å². The fourth-order valence-electron chi connectivity index (χ4n) is 6.47. The molecule has 0 bridgehead atoms. The molecule has 0 aromatic heterocycles. The van der Waals surface area contributed by atoms with Gasteiger partial charge in [-0.15, -0.1) is 0 Å². The van der Waals surface area contributed by atoms with Crippen LogP contribution in [-0.4, -0.2) is 34.4 Å². The van der Waals surface area contributed by atoms with E-state index in [0.717, 1.165) is 50.3 Å². The van der Waals surface area contributed by atoms with Crippen molar-refractivity contribution in [2.45, 2.75) is 186 Å². The fraction of sp³-hybridized carbons (Fsp3) is 0.846. The summed E-state index contributed by atoms with van der Waals surface area (Å²) in [6.07, 6.45) is 32.3. The van der Waals surface area contributed by atoms with Gasteiger partial charge in [-0.05, 0) is 0 Å². The first kappa shape index (κ1) is 46.4. The van der Waals surface area contributed by atoms with Gasteiger partial charge in [0.05, 0.1) is 0 Å². The fourth-order valence-corrected chi connectivity index (χ4v) is 28.2. The molecule has 0 fully saturated rings. The van der Waals surface area contributed by atoms with Crippen LogP contribution in [-0.2, 0) is 0 Å². The van der Waals surface area contributed by atoms with E-state index in [1.807, 2.05) is 0 Å². The Labute approximate surface area is 312 Å². The molecular formula is C39H78O2P2S4. The molecule has 8 heteroatoms. The third-order valence-electron chi connectivity index (χ3n) is 9.59. The normalized spacial score (nSPS) is 14.8. The zero-order valence-electron chi connectivity index (χ0n) is 31.3. The Morgan fingerprint density at radius 3 is 0.979 bits per heavy atom. The maximum absolute atomic E-state index is 12.8. The van der Waals surface area contributed by atoms with E-state index >= 15 is 0 Å². The molecule has 2 nitrogen and oxygen atoms in total. The van der Waals surface area contributed by atoms with Crippen LogP contribution in [0, 0.1) is 0 Å². The maximum atomic E-state index is 12.8. The Balaban J connectivity index is 3.27. The quantitative estimate of drug-likeness (QED) is 0.0249. The molecule has 1 aromatic carbocycles. The van der Waals surface area contributed by atoms with Crippen LogP contribution in [0.2, 0.25) is 0 Å². The van der Waals surface area contributed by atoms with Gasteiger partial charge in [0.25, 0.3) is 0 Å². The van der Waals surface area contributed by atoms with Crippen molar-refractivity contribution in [2.75, 3.05) is 24.6 Å². The van der Waals surface area contributed by atoms with E-state index in [-0.39, 0.29) is 4.58 Å². The molecule has 0 radical (unpaired) electrons. The van der Waals surface area contributed by atoms with Gasteiger partial charge in [-0.1, -0.05) is 0 Å². The van der Waals surface area contributed by atoms with Crippen molar-refractivity contribution in [3.8, 4) is 0 Å². The molecule has 2 N–H and O–H groups in total. The van der Waals surface area contributed by atoms with Gasteiger partial charge < -0.3 is 0 Å². The average Bonchev–Trinajstić information content (AvgIpc) is 3.04. The van der Waals surface area contributed by atoms with E-state index < -0.39 is 10.5 Å². The molecule has 1 rings (SSSR count). The molecule has 1 aromatic rings. The third-order valence-corrected chi connectivity index (χ3v) is 28.3. The molecule has 0 amide bonds. The SMILES string of the molecule is CCCCCCCCP(O)(S)(CCCCCCCC)SC(SP(O)(S)(CCCCCCCC)CCCCCCCC)c1ccccc1. The van der Waals surface area contributed by atoms with Gasteiger partial charge in [0.15, 0.2) is 0 Å². The Hall–Kier alpha value is 1.40. The van der Waals surface area contributed by atoms with E-state index in [9.17, 15) is 9.79 Å². The van der Waals surface area contributed by atoms with Crippen molar-refractivity contribution in [2.24, 2.45) is 0 Å². The Morgan fingerprint density at radius 1 is 0.447 bits per heavy atom. The van der Waals surface area contributed by atoms with Gasteiger partial charge in [0.1, 0.15) is 0 Å². The summed E-state index contributed by atoms with van der Waals surface area (Å²) in [6, 6.07) is 10.7. The molecular weight excluding hydrogens is 691 g/mol. The van der Waals surface area contributed by atoms with Crippen LogP contribution < -0.4 is 0 Å². The van der Waals surface area contributed by atoms with Crippen LogP contribution in [0.15, 0.2) is 30.3 Å². The van der Waals surface area contributed by atoms with Crippen LogP contribution in [0.1, 0.15) is 192 Å². The molecule has 0 heterocycles. The second-order valence-electron chi connectivity index (χ2n) is 14.5. The molecule has 0 atom stereocenters. The van der Waals surface area contributed by atoms with Gasteiger partial charge >= 0.3 is 314 Å².